The smallest absolute Gasteiger partial charge is 0.327 e. The van der Waals surface area contributed by atoms with Crippen LogP contribution in [0.2, 0.25) is 0 Å². The van der Waals surface area contributed by atoms with Crippen molar-refractivity contribution in [3.63, 3.8) is 0 Å². The zero-order valence-corrected chi connectivity index (χ0v) is 12.2. The lowest BCUT2D eigenvalue weighted by molar-refractivity contribution is -0.141. The van der Waals surface area contributed by atoms with Gasteiger partial charge in [-0.1, -0.05) is 6.92 Å². The van der Waals surface area contributed by atoms with Crippen LogP contribution in [-0.2, 0) is 9.53 Å². The van der Waals surface area contributed by atoms with Crippen LogP contribution in [0, 0.1) is 0 Å². The van der Waals surface area contributed by atoms with Crippen molar-refractivity contribution in [3.05, 3.63) is 0 Å². The number of carbonyl (C=O) groups is 2. The second-order valence-corrected chi connectivity index (χ2v) is 5.45. The van der Waals surface area contributed by atoms with E-state index < -0.39 is 12.0 Å². The number of nitrogens with one attached hydrogen (secondary N) is 1. The number of carboxylic acid groups (broad SMARTS) is 1. The summed E-state index contributed by atoms with van der Waals surface area (Å²) in [5, 5.41) is 11.8. The molecule has 19 heavy (non-hydrogen) atoms. The summed E-state index contributed by atoms with van der Waals surface area (Å²) < 4.78 is 5.18. The first-order valence-electron chi connectivity index (χ1n) is 6.60. The molecule has 110 valence electrons. The topological polar surface area (TPSA) is 78.9 Å². The Balaban J connectivity index is 2.44. The van der Waals surface area contributed by atoms with Gasteiger partial charge in [0.25, 0.3) is 0 Å². The molecule has 0 bridgehead atoms. The summed E-state index contributed by atoms with van der Waals surface area (Å²) in [5.41, 5.74) is 0. The zero-order chi connectivity index (χ0) is 14.3. The van der Waals surface area contributed by atoms with Crippen molar-refractivity contribution in [2.24, 2.45) is 0 Å². The van der Waals surface area contributed by atoms with Crippen molar-refractivity contribution in [2.75, 3.05) is 25.5 Å². The highest BCUT2D eigenvalue weighted by atomic mass is 32.2. The standard InChI is InChI=1S/C12H22N2O4S/c1-3-10-14(9(8-19-10)11(15)16)12(17)13-6-5-7-18-4-2/h9-10H,3-8H2,1-2H3,(H,13,17)(H,15,16). The Morgan fingerprint density at radius 2 is 2.21 bits per heavy atom. The first-order valence-corrected chi connectivity index (χ1v) is 7.65. The molecule has 7 heteroatoms. The Labute approximate surface area is 117 Å². The Bertz CT molecular complexity index is 314. The van der Waals surface area contributed by atoms with Crippen LogP contribution in [0.15, 0.2) is 0 Å². The van der Waals surface area contributed by atoms with E-state index in [1.165, 1.54) is 16.7 Å². The number of rotatable bonds is 7. The van der Waals surface area contributed by atoms with E-state index in [2.05, 4.69) is 5.32 Å². The number of thioether (sulfide) groups is 1. The SMILES string of the molecule is CCOCCCNC(=O)N1C(CC)SCC1C(=O)O. The molecule has 6 nitrogen and oxygen atoms in total. The van der Waals surface area contributed by atoms with Crippen LogP contribution in [0.4, 0.5) is 4.79 Å². The number of aliphatic carboxylic acids is 1. The second kappa shape index (κ2) is 8.27. The van der Waals surface area contributed by atoms with Gasteiger partial charge in [-0.25, -0.2) is 9.59 Å². The number of amides is 2. The van der Waals surface area contributed by atoms with Crippen molar-refractivity contribution < 1.29 is 19.4 Å². The molecule has 0 saturated carbocycles. The molecule has 0 aromatic heterocycles. The minimum Gasteiger partial charge on any atom is -0.480 e. The summed E-state index contributed by atoms with van der Waals surface area (Å²) in [6.45, 7) is 5.64. The molecule has 1 rings (SSSR count). The minimum absolute atomic E-state index is 0.0482. The Hall–Kier alpha value is -0.950. The van der Waals surface area contributed by atoms with Gasteiger partial charge in [0.2, 0.25) is 0 Å². The van der Waals surface area contributed by atoms with E-state index >= 15 is 0 Å². The van der Waals surface area contributed by atoms with Crippen LogP contribution in [0.5, 0.6) is 0 Å². The zero-order valence-electron chi connectivity index (χ0n) is 11.4. The number of urea groups is 1. The van der Waals surface area contributed by atoms with Crippen LogP contribution in [0.25, 0.3) is 0 Å². The van der Waals surface area contributed by atoms with Gasteiger partial charge in [0.05, 0.1) is 5.37 Å². The molecule has 1 saturated heterocycles. The van der Waals surface area contributed by atoms with Crippen molar-refractivity contribution in [1.82, 2.24) is 10.2 Å². The highest BCUT2D eigenvalue weighted by Crippen LogP contribution is 2.31. The lowest BCUT2D eigenvalue weighted by Gasteiger charge is -2.26. The summed E-state index contributed by atoms with van der Waals surface area (Å²) in [5.74, 6) is -0.479. The van der Waals surface area contributed by atoms with E-state index in [-0.39, 0.29) is 11.4 Å². The third-order valence-corrected chi connectivity index (χ3v) is 4.36. The number of nitrogens with zero attached hydrogens (tertiary/aromatic N) is 1. The molecule has 0 aromatic carbocycles. The lowest BCUT2D eigenvalue weighted by atomic mass is 10.3. The summed E-state index contributed by atoms with van der Waals surface area (Å²) in [6.07, 6.45) is 1.48. The van der Waals surface area contributed by atoms with E-state index in [1.807, 2.05) is 13.8 Å². The van der Waals surface area contributed by atoms with Crippen LogP contribution in [0.3, 0.4) is 0 Å². The lowest BCUT2D eigenvalue weighted by Crippen LogP contribution is -2.50. The number of ether oxygens (including phenoxy) is 1. The Morgan fingerprint density at radius 3 is 2.79 bits per heavy atom. The van der Waals surface area contributed by atoms with Crippen LogP contribution in [-0.4, -0.2) is 58.9 Å². The van der Waals surface area contributed by atoms with Crippen molar-refractivity contribution >= 4 is 23.8 Å². The molecule has 2 unspecified atom stereocenters. The molecule has 0 spiro atoms. The molecular weight excluding hydrogens is 268 g/mol. The monoisotopic (exact) mass is 290 g/mol. The average molecular weight is 290 g/mol. The van der Waals surface area contributed by atoms with Gasteiger partial charge in [0, 0.05) is 25.5 Å². The van der Waals surface area contributed by atoms with Crippen LogP contribution >= 0.6 is 11.8 Å². The molecule has 1 aliphatic rings. The normalized spacial score (nSPS) is 22.5. The summed E-state index contributed by atoms with van der Waals surface area (Å²) in [6, 6.07) is -1.01. The second-order valence-electron chi connectivity index (χ2n) is 4.24. The molecule has 2 atom stereocenters. The molecular formula is C12H22N2O4S. The first-order chi connectivity index (χ1) is 9.11. The summed E-state index contributed by atoms with van der Waals surface area (Å²) in [4.78, 5) is 24.6. The van der Waals surface area contributed by atoms with Gasteiger partial charge in [-0.15, -0.1) is 11.8 Å². The van der Waals surface area contributed by atoms with Crippen molar-refractivity contribution in [2.45, 2.75) is 38.1 Å². The largest absolute Gasteiger partial charge is 0.480 e. The van der Waals surface area contributed by atoms with Crippen molar-refractivity contribution in [1.29, 1.82) is 0 Å². The third-order valence-electron chi connectivity index (χ3n) is 2.91. The maximum Gasteiger partial charge on any atom is 0.327 e. The van der Waals surface area contributed by atoms with Gasteiger partial charge in [-0.05, 0) is 19.8 Å². The van der Waals surface area contributed by atoms with Crippen LogP contribution in [0.1, 0.15) is 26.7 Å². The van der Waals surface area contributed by atoms with E-state index in [4.69, 9.17) is 9.84 Å². The molecule has 1 aliphatic heterocycles. The van der Waals surface area contributed by atoms with Gasteiger partial charge >= 0.3 is 12.0 Å². The van der Waals surface area contributed by atoms with Crippen LogP contribution < -0.4 is 5.32 Å². The first kappa shape index (κ1) is 16.1. The highest BCUT2D eigenvalue weighted by molar-refractivity contribution is 8.00. The Kier molecular flexibility index (Phi) is 7.01. The van der Waals surface area contributed by atoms with E-state index in [1.54, 1.807) is 0 Å². The number of carboxylic acids is 1. The Morgan fingerprint density at radius 1 is 1.47 bits per heavy atom. The van der Waals surface area contributed by atoms with E-state index in [0.717, 1.165) is 12.8 Å². The van der Waals surface area contributed by atoms with Gasteiger partial charge in [0.15, 0.2) is 0 Å². The molecule has 2 amide bonds. The molecule has 2 N–H and O–H groups in total. The predicted molar refractivity (Wildman–Crippen MR) is 74.3 cm³/mol. The number of hydrogen-bond acceptors (Lipinski definition) is 4. The predicted octanol–water partition coefficient (Wildman–Crippen LogP) is 1.36. The quantitative estimate of drug-likeness (QED) is 0.692. The van der Waals surface area contributed by atoms with Gasteiger partial charge in [-0.2, -0.15) is 0 Å². The fourth-order valence-corrected chi connectivity index (χ4v) is 3.29. The fourth-order valence-electron chi connectivity index (χ4n) is 1.95. The maximum atomic E-state index is 12.1. The summed E-state index contributed by atoms with van der Waals surface area (Å²) in [7, 11) is 0. The molecule has 0 aliphatic carbocycles. The number of carbonyl (C=O) groups excluding carboxylic acids is 1. The molecule has 1 heterocycles. The summed E-state index contributed by atoms with van der Waals surface area (Å²) >= 11 is 1.52. The minimum atomic E-state index is -0.937. The molecule has 0 radical (unpaired) electrons. The number of hydrogen-bond donors (Lipinski definition) is 2. The fraction of sp³-hybridized carbons (Fsp3) is 0.833. The third kappa shape index (κ3) is 4.58. The van der Waals surface area contributed by atoms with Gasteiger partial charge < -0.3 is 15.2 Å². The molecule has 1 fully saturated rings. The maximum absolute atomic E-state index is 12.1. The van der Waals surface area contributed by atoms with E-state index in [0.29, 0.717) is 25.5 Å². The van der Waals surface area contributed by atoms with E-state index in [9.17, 15) is 9.59 Å². The van der Waals surface area contributed by atoms with Gasteiger partial charge in [0.1, 0.15) is 6.04 Å². The molecule has 0 aromatic rings. The average Bonchev–Trinajstić information content (AvgIpc) is 2.82. The van der Waals surface area contributed by atoms with Gasteiger partial charge in [-0.3, -0.25) is 4.90 Å². The van der Waals surface area contributed by atoms with Crippen molar-refractivity contribution in [3.8, 4) is 0 Å². The highest BCUT2D eigenvalue weighted by Gasteiger charge is 2.40.